The van der Waals surface area contributed by atoms with Gasteiger partial charge in [-0.1, -0.05) is 41.6 Å². The maximum atomic E-state index is 11.9. The van der Waals surface area contributed by atoms with Crippen LogP contribution in [0.25, 0.3) is 10.2 Å². The van der Waals surface area contributed by atoms with Crippen molar-refractivity contribution in [2.75, 3.05) is 6.61 Å². The van der Waals surface area contributed by atoms with Crippen LogP contribution in [0.1, 0.15) is 5.56 Å². The van der Waals surface area contributed by atoms with Crippen LogP contribution in [0.2, 0.25) is 5.02 Å². The Labute approximate surface area is 201 Å². The molecule has 11 heteroatoms. The fourth-order valence-corrected chi connectivity index (χ4v) is 4.96. The molecular formula is C22H15ClN4O4S2. The van der Waals surface area contributed by atoms with Crippen molar-refractivity contribution < 1.29 is 14.5 Å². The van der Waals surface area contributed by atoms with Crippen LogP contribution in [0.4, 0.5) is 5.69 Å². The molecule has 0 spiro atoms. The number of hydrogen-bond donors (Lipinski definition) is 1. The number of nitrogens with zero attached hydrogens (tertiary/aromatic N) is 3. The number of benzene rings is 3. The van der Waals surface area contributed by atoms with Crippen molar-refractivity contribution in [3.05, 3.63) is 87.4 Å². The zero-order chi connectivity index (χ0) is 23.2. The normalized spacial score (nSPS) is 11.1. The van der Waals surface area contributed by atoms with Crippen LogP contribution in [0.3, 0.4) is 0 Å². The van der Waals surface area contributed by atoms with Crippen LogP contribution in [-0.2, 0) is 4.79 Å². The molecule has 0 atom stereocenters. The summed E-state index contributed by atoms with van der Waals surface area (Å²) in [4.78, 5) is 28.0. The van der Waals surface area contributed by atoms with E-state index in [0.717, 1.165) is 10.2 Å². The average Bonchev–Trinajstić information content (AvgIpc) is 3.22. The Morgan fingerprint density at radius 2 is 2.00 bits per heavy atom. The van der Waals surface area contributed by atoms with Gasteiger partial charge in [-0.15, -0.1) is 11.3 Å². The smallest absolute Gasteiger partial charge is 0.283 e. The monoisotopic (exact) mass is 498 g/mol. The summed E-state index contributed by atoms with van der Waals surface area (Å²) >= 11 is 8.51. The second-order valence-corrected chi connectivity index (χ2v) is 9.33. The molecule has 0 saturated carbocycles. The highest BCUT2D eigenvalue weighted by molar-refractivity contribution is 8.01. The van der Waals surface area contributed by atoms with Crippen molar-refractivity contribution in [2.24, 2.45) is 5.10 Å². The molecule has 1 aromatic heterocycles. The van der Waals surface area contributed by atoms with Gasteiger partial charge in [0.2, 0.25) is 0 Å². The van der Waals surface area contributed by atoms with Gasteiger partial charge >= 0.3 is 0 Å². The molecule has 4 rings (SSSR count). The second kappa shape index (κ2) is 10.4. The minimum atomic E-state index is -0.473. The third-order valence-electron chi connectivity index (χ3n) is 4.24. The first-order chi connectivity index (χ1) is 16.0. The fourth-order valence-electron chi connectivity index (χ4n) is 2.72. The molecular weight excluding hydrogens is 484 g/mol. The van der Waals surface area contributed by atoms with Gasteiger partial charge in [-0.3, -0.25) is 14.9 Å². The lowest BCUT2D eigenvalue weighted by atomic mass is 10.2. The van der Waals surface area contributed by atoms with Crippen LogP contribution in [0.15, 0.2) is 81.1 Å². The SMILES string of the molecule is O=C(COc1ccc(Cl)cc1)N/N=C/c1ccc(Sc2nc3ccccc3s2)c([N+](=O)[O-])c1. The summed E-state index contributed by atoms with van der Waals surface area (Å²) in [5, 5.41) is 16.0. The number of aromatic nitrogens is 1. The predicted octanol–water partition coefficient (Wildman–Crippen LogP) is 5.54. The summed E-state index contributed by atoms with van der Waals surface area (Å²) in [6.07, 6.45) is 1.33. The lowest BCUT2D eigenvalue weighted by molar-refractivity contribution is -0.387. The Morgan fingerprint density at radius 1 is 1.21 bits per heavy atom. The van der Waals surface area contributed by atoms with E-state index in [1.807, 2.05) is 24.3 Å². The largest absolute Gasteiger partial charge is 0.484 e. The van der Waals surface area contributed by atoms with Crippen molar-refractivity contribution in [3.63, 3.8) is 0 Å². The fraction of sp³-hybridized carbons (Fsp3) is 0.0455. The molecule has 33 heavy (non-hydrogen) atoms. The minimum Gasteiger partial charge on any atom is -0.484 e. The van der Waals surface area contributed by atoms with Crippen LogP contribution in [0.5, 0.6) is 5.75 Å². The van der Waals surface area contributed by atoms with E-state index in [4.69, 9.17) is 16.3 Å². The molecule has 0 aliphatic heterocycles. The number of carbonyl (C=O) groups excluding carboxylic acids is 1. The molecule has 0 fully saturated rings. The number of hydrogen-bond acceptors (Lipinski definition) is 8. The molecule has 0 unspecified atom stereocenters. The van der Waals surface area contributed by atoms with Crippen LogP contribution < -0.4 is 10.2 Å². The quantitative estimate of drug-likeness (QED) is 0.194. The van der Waals surface area contributed by atoms with Gasteiger partial charge in [0.15, 0.2) is 10.9 Å². The van der Waals surface area contributed by atoms with Gasteiger partial charge in [0.05, 0.1) is 26.3 Å². The number of fused-ring (bicyclic) bond motifs is 1. The molecule has 3 aromatic carbocycles. The zero-order valence-corrected chi connectivity index (χ0v) is 19.2. The maximum Gasteiger partial charge on any atom is 0.283 e. The van der Waals surface area contributed by atoms with Gasteiger partial charge in [0, 0.05) is 16.7 Å². The van der Waals surface area contributed by atoms with E-state index in [-0.39, 0.29) is 12.3 Å². The van der Waals surface area contributed by atoms with Crippen LogP contribution in [-0.4, -0.2) is 28.6 Å². The van der Waals surface area contributed by atoms with Crippen LogP contribution >= 0.6 is 34.7 Å². The van der Waals surface area contributed by atoms with E-state index in [1.165, 1.54) is 35.4 Å². The number of nitrogens with one attached hydrogen (secondary N) is 1. The zero-order valence-electron chi connectivity index (χ0n) is 16.8. The number of para-hydroxylation sites is 1. The topological polar surface area (TPSA) is 107 Å². The van der Waals surface area contributed by atoms with Crippen molar-refractivity contribution in [2.45, 2.75) is 9.24 Å². The lowest BCUT2D eigenvalue weighted by Gasteiger charge is -2.05. The summed E-state index contributed by atoms with van der Waals surface area (Å²) in [5.74, 6) is 0.0223. The molecule has 0 saturated heterocycles. The highest BCUT2D eigenvalue weighted by Gasteiger charge is 2.17. The lowest BCUT2D eigenvalue weighted by Crippen LogP contribution is -2.24. The number of halogens is 1. The van der Waals surface area contributed by atoms with Gasteiger partial charge in [-0.25, -0.2) is 10.4 Å². The van der Waals surface area contributed by atoms with Gasteiger partial charge in [0.1, 0.15) is 5.75 Å². The number of nitro groups is 1. The summed E-state index contributed by atoms with van der Waals surface area (Å²) < 4.78 is 7.06. The average molecular weight is 499 g/mol. The first kappa shape index (κ1) is 22.7. The van der Waals surface area contributed by atoms with Crippen molar-refractivity contribution >= 4 is 62.7 Å². The molecule has 166 valence electrons. The van der Waals surface area contributed by atoms with E-state index in [9.17, 15) is 14.9 Å². The van der Waals surface area contributed by atoms with Crippen molar-refractivity contribution in [1.29, 1.82) is 0 Å². The van der Waals surface area contributed by atoms with E-state index in [1.54, 1.807) is 36.4 Å². The summed E-state index contributed by atoms with van der Waals surface area (Å²) in [6, 6.07) is 19.0. The molecule has 0 bridgehead atoms. The van der Waals surface area contributed by atoms with Gasteiger partial charge in [0.25, 0.3) is 11.6 Å². The number of nitro benzene ring substituents is 1. The molecule has 1 amide bonds. The highest BCUT2D eigenvalue weighted by atomic mass is 35.5. The van der Waals surface area contributed by atoms with E-state index >= 15 is 0 Å². The Balaban J connectivity index is 1.39. The first-order valence-corrected chi connectivity index (χ1v) is 11.5. The Morgan fingerprint density at radius 3 is 2.76 bits per heavy atom. The first-order valence-electron chi connectivity index (χ1n) is 9.50. The molecule has 1 heterocycles. The second-order valence-electron chi connectivity index (χ2n) is 6.57. The summed E-state index contributed by atoms with van der Waals surface area (Å²) in [6.45, 7) is -0.239. The number of thiazole rings is 1. The van der Waals surface area contributed by atoms with Crippen molar-refractivity contribution in [3.8, 4) is 5.75 Å². The Kier molecular flexibility index (Phi) is 7.18. The summed E-state index contributed by atoms with van der Waals surface area (Å²) in [5.41, 5.74) is 3.58. The number of amides is 1. The molecule has 0 aliphatic rings. The third kappa shape index (κ3) is 6.07. The number of ether oxygens (including phenoxy) is 1. The number of carbonyl (C=O) groups is 1. The van der Waals surface area contributed by atoms with E-state index in [0.29, 0.717) is 25.6 Å². The summed E-state index contributed by atoms with van der Waals surface area (Å²) in [7, 11) is 0. The molecule has 8 nitrogen and oxygen atoms in total. The third-order valence-corrected chi connectivity index (χ3v) is 6.65. The molecule has 0 aliphatic carbocycles. The van der Waals surface area contributed by atoms with Gasteiger partial charge < -0.3 is 4.74 Å². The van der Waals surface area contributed by atoms with Crippen LogP contribution in [0, 0.1) is 10.1 Å². The number of hydrazone groups is 1. The standard InChI is InChI=1S/C22H15ClN4O4S2/c23-15-6-8-16(9-7-15)31-13-21(28)26-24-12-14-5-10-20(18(11-14)27(29)30)33-22-25-17-3-1-2-4-19(17)32-22/h1-12H,13H2,(H,26,28)/b24-12+. The molecule has 1 N–H and O–H groups in total. The van der Waals surface area contributed by atoms with E-state index < -0.39 is 10.8 Å². The molecule has 4 aromatic rings. The Bertz CT molecular complexity index is 1310. The van der Waals surface area contributed by atoms with Gasteiger partial charge in [-0.2, -0.15) is 5.10 Å². The predicted molar refractivity (Wildman–Crippen MR) is 130 cm³/mol. The van der Waals surface area contributed by atoms with Gasteiger partial charge in [-0.05, 0) is 42.5 Å². The van der Waals surface area contributed by atoms with Crippen molar-refractivity contribution in [1.82, 2.24) is 10.4 Å². The number of rotatable bonds is 8. The maximum absolute atomic E-state index is 11.9. The Hall–Kier alpha value is -3.47. The molecule has 0 radical (unpaired) electrons. The van der Waals surface area contributed by atoms with E-state index in [2.05, 4.69) is 15.5 Å². The minimum absolute atomic E-state index is 0.0689. The highest BCUT2D eigenvalue weighted by Crippen LogP contribution is 2.38.